The van der Waals surface area contributed by atoms with Crippen molar-refractivity contribution in [2.75, 3.05) is 6.67 Å². The zero-order valence-corrected chi connectivity index (χ0v) is 8.84. The number of amides is 2. The van der Waals surface area contributed by atoms with Gasteiger partial charge in [-0.05, 0) is 0 Å². The summed E-state index contributed by atoms with van der Waals surface area (Å²) >= 11 is 11.7. The number of hydrogen-bond donors (Lipinski definition) is 0. The van der Waals surface area contributed by atoms with Crippen LogP contribution in [-0.4, -0.2) is 39.3 Å². The van der Waals surface area contributed by atoms with Gasteiger partial charge in [0.15, 0.2) is 0 Å². The molecule has 6 heteroatoms. The quantitative estimate of drug-likeness (QED) is 0.451. The van der Waals surface area contributed by atoms with Crippen LogP contribution < -0.4 is 0 Å². The summed E-state index contributed by atoms with van der Waals surface area (Å²) < 4.78 is 0. The summed E-state index contributed by atoms with van der Waals surface area (Å²) in [6.45, 7) is 2.96. The molecule has 1 aliphatic rings. The van der Waals surface area contributed by atoms with E-state index >= 15 is 0 Å². The Hall–Kier alpha value is -0.480. The number of halogens is 2. The standard InChI is InChI=1S/C7H10Cl2N2O2/c1-4(12)10-3-11(5(2)13)7(9)6(10)8/h6-7H,3H2,1-2H3. The molecule has 1 fully saturated rings. The van der Waals surface area contributed by atoms with E-state index in [0.717, 1.165) is 0 Å². The molecule has 0 radical (unpaired) electrons. The molecule has 0 aromatic heterocycles. The first kappa shape index (κ1) is 10.6. The van der Waals surface area contributed by atoms with Crippen LogP contribution in [0, 0.1) is 0 Å². The Morgan fingerprint density at radius 3 is 1.54 bits per heavy atom. The fourth-order valence-corrected chi connectivity index (χ4v) is 1.83. The second-order valence-corrected chi connectivity index (χ2v) is 3.76. The van der Waals surface area contributed by atoms with Crippen LogP contribution in [0.25, 0.3) is 0 Å². The van der Waals surface area contributed by atoms with Crippen LogP contribution in [0.3, 0.4) is 0 Å². The molecule has 0 aromatic carbocycles. The van der Waals surface area contributed by atoms with E-state index in [9.17, 15) is 9.59 Å². The monoisotopic (exact) mass is 224 g/mol. The van der Waals surface area contributed by atoms with Gasteiger partial charge in [0, 0.05) is 13.8 Å². The Labute approximate surface area is 86.4 Å². The molecule has 13 heavy (non-hydrogen) atoms. The van der Waals surface area contributed by atoms with E-state index in [-0.39, 0.29) is 18.5 Å². The van der Waals surface area contributed by atoms with Gasteiger partial charge in [0.1, 0.15) is 11.0 Å². The van der Waals surface area contributed by atoms with Crippen molar-refractivity contribution < 1.29 is 9.59 Å². The molecule has 0 bridgehead atoms. The van der Waals surface area contributed by atoms with Gasteiger partial charge in [-0.25, -0.2) is 0 Å². The van der Waals surface area contributed by atoms with Crippen LogP contribution in [0.15, 0.2) is 0 Å². The molecule has 0 aliphatic carbocycles. The second kappa shape index (κ2) is 3.72. The van der Waals surface area contributed by atoms with Crippen molar-refractivity contribution in [2.24, 2.45) is 0 Å². The number of carbonyl (C=O) groups is 2. The maximum absolute atomic E-state index is 11.0. The molecule has 1 rings (SSSR count). The summed E-state index contributed by atoms with van der Waals surface area (Å²) in [5.41, 5.74) is -1.27. The highest BCUT2D eigenvalue weighted by atomic mass is 35.5. The predicted molar refractivity (Wildman–Crippen MR) is 49.2 cm³/mol. The minimum atomic E-state index is -0.636. The number of alkyl halides is 2. The SMILES string of the molecule is CC(=O)N1CN(C(C)=O)C(Cl)C1Cl. The first-order chi connectivity index (χ1) is 5.95. The zero-order chi connectivity index (χ0) is 10.2. The van der Waals surface area contributed by atoms with Crippen LogP contribution >= 0.6 is 23.2 Å². The molecule has 1 aliphatic heterocycles. The van der Waals surface area contributed by atoms with Gasteiger partial charge in [0.2, 0.25) is 11.8 Å². The molecule has 2 unspecified atom stereocenters. The molecule has 0 saturated carbocycles. The molecule has 74 valence electrons. The second-order valence-electron chi connectivity index (χ2n) is 2.86. The van der Waals surface area contributed by atoms with E-state index in [1.165, 1.54) is 23.6 Å². The lowest BCUT2D eigenvalue weighted by Crippen LogP contribution is -2.33. The van der Waals surface area contributed by atoms with Crippen LogP contribution in [0.4, 0.5) is 0 Å². The van der Waals surface area contributed by atoms with E-state index in [4.69, 9.17) is 23.2 Å². The molecule has 0 spiro atoms. The molecule has 1 saturated heterocycles. The van der Waals surface area contributed by atoms with Gasteiger partial charge in [0.25, 0.3) is 0 Å². The highest BCUT2D eigenvalue weighted by molar-refractivity contribution is 6.31. The largest absolute Gasteiger partial charge is 0.305 e. The van der Waals surface area contributed by atoms with Gasteiger partial charge in [-0.15, -0.1) is 0 Å². The lowest BCUT2D eigenvalue weighted by atomic mass is 10.5. The highest BCUT2D eigenvalue weighted by Crippen LogP contribution is 2.26. The predicted octanol–water partition coefficient (Wildman–Crippen LogP) is 0.784. The molecule has 0 N–H and O–H groups in total. The Morgan fingerprint density at radius 1 is 1.08 bits per heavy atom. The van der Waals surface area contributed by atoms with Crippen molar-refractivity contribution in [1.29, 1.82) is 0 Å². The lowest BCUT2D eigenvalue weighted by Gasteiger charge is -2.15. The van der Waals surface area contributed by atoms with Crippen LogP contribution in [-0.2, 0) is 9.59 Å². The Balaban J connectivity index is 2.78. The Bertz CT molecular complexity index is 223. The van der Waals surface area contributed by atoms with Gasteiger partial charge in [0.05, 0.1) is 6.67 Å². The number of carbonyl (C=O) groups excluding carboxylic acids is 2. The Morgan fingerprint density at radius 2 is 1.38 bits per heavy atom. The van der Waals surface area contributed by atoms with E-state index in [1.807, 2.05) is 0 Å². The van der Waals surface area contributed by atoms with E-state index < -0.39 is 11.0 Å². The smallest absolute Gasteiger partial charge is 0.222 e. The average molecular weight is 225 g/mol. The molecule has 4 nitrogen and oxygen atoms in total. The summed E-state index contributed by atoms with van der Waals surface area (Å²) in [4.78, 5) is 24.7. The third kappa shape index (κ3) is 1.89. The molecule has 2 amide bonds. The fourth-order valence-electron chi connectivity index (χ4n) is 1.16. The lowest BCUT2D eigenvalue weighted by molar-refractivity contribution is -0.131. The topological polar surface area (TPSA) is 40.6 Å². The first-order valence-electron chi connectivity index (χ1n) is 3.77. The number of hydrogen-bond acceptors (Lipinski definition) is 2. The van der Waals surface area contributed by atoms with Gasteiger partial charge in [-0.3, -0.25) is 9.59 Å². The van der Waals surface area contributed by atoms with Crippen molar-refractivity contribution in [2.45, 2.75) is 24.8 Å². The van der Waals surface area contributed by atoms with Crippen molar-refractivity contribution in [1.82, 2.24) is 9.80 Å². The summed E-state index contributed by atoms with van der Waals surface area (Å²) in [5.74, 6) is -0.371. The maximum atomic E-state index is 11.0. The average Bonchev–Trinajstić information content (AvgIpc) is 2.29. The van der Waals surface area contributed by atoms with Crippen molar-refractivity contribution >= 4 is 35.0 Å². The van der Waals surface area contributed by atoms with E-state index in [2.05, 4.69) is 0 Å². The molecule has 2 atom stereocenters. The van der Waals surface area contributed by atoms with Crippen molar-refractivity contribution in [3.63, 3.8) is 0 Å². The van der Waals surface area contributed by atoms with Crippen LogP contribution in [0.5, 0.6) is 0 Å². The van der Waals surface area contributed by atoms with Crippen molar-refractivity contribution in [3.05, 3.63) is 0 Å². The fraction of sp³-hybridized carbons (Fsp3) is 0.714. The first-order valence-corrected chi connectivity index (χ1v) is 4.65. The Kier molecular flexibility index (Phi) is 3.03. The summed E-state index contributed by atoms with van der Waals surface area (Å²) in [6, 6.07) is 0. The molecular formula is C7H10Cl2N2O2. The van der Waals surface area contributed by atoms with E-state index in [1.54, 1.807) is 0 Å². The summed E-state index contributed by atoms with van der Waals surface area (Å²) in [5, 5.41) is 0. The maximum Gasteiger partial charge on any atom is 0.222 e. The number of nitrogens with zero attached hydrogens (tertiary/aromatic N) is 2. The summed E-state index contributed by atoms with van der Waals surface area (Å²) in [6.07, 6.45) is 0. The third-order valence-corrected chi connectivity index (χ3v) is 3.01. The zero-order valence-electron chi connectivity index (χ0n) is 7.33. The van der Waals surface area contributed by atoms with Crippen molar-refractivity contribution in [3.8, 4) is 0 Å². The van der Waals surface area contributed by atoms with Gasteiger partial charge in [-0.2, -0.15) is 0 Å². The van der Waals surface area contributed by atoms with Crippen LogP contribution in [0.1, 0.15) is 13.8 Å². The summed E-state index contributed by atoms with van der Waals surface area (Å²) in [7, 11) is 0. The third-order valence-electron chi connectivity index (χ3n) is 1.94. The van der Waals surface area contributed by atoms with Gasteiger partial charge in [-0.1, -0.05) is 23.2 Å². The normalized spacial score (nSPS) is 28.0. The van der Waals surface area contributed by atoms with E-state index in [0.29, 0.717) is 0 Å². The molecule has 1 heterocycles. The molecular weight excluding hydrogens is 215 g/mol. The number of rotatable bonds is 0. The van der Waals surface area contributed by atoms with Gasteiger partial charge < -0.3 is 9.80 Å². The molecule has 0 aromatic rings. The van der Waals surface area contributed by atoms with Gasteiger partial charge >= 0.3 is 0 Å². The highest BCUT2D eigenvalue weighted by Gasteiger charge is 2.40. The minimum Gasteiger partial charge on any atom is -0.305 e. The van der Waals surface area contributed by atoms with Crippen LogP contribution in [0.2, 0.25) is 0 Å². The minimum absolute atomic E-state index is 0.174.